The number of rotatable bonds is 4. The van der Waals surface area contributed by atoms with Gasteiger partial charge in [0, 0.05) is 19.3 Å². The standard InChI is InChI=1S/C18H28N2O/c1-18(2,15-9-11-16(19)12-10-15)17(21)20(3)13-14-7-5-4-6-8-14/h9-12,14H,4-8,13,19H2,1-3H3. The molecule has 2 N–H and O–H groups in total. The predicted octanol–water partition coefficient (Wildman–Crippen LogP) is 3.59. The van der Waals surface area contributed by atoms with Gasteiger partial charge in [-0.2, -0.15) is 0 Å². The Hall–Kier alpha value is -1.51. The van der Waals surface area contributed by atoms with Crippen LogP contribution in [0.4, 0.5) is 5.69 Å². The quantitative estimate of drug-likeness (QED) is 0.861. The van der Waals surface area contributed by atoms with E-state index in [1.165, 1.54) is 32.1 Å². The molecule has 2 rings (SSSR count). The van der Waals surface area contributed by atoms with E-state index in [9.17, 15) is 4.79 Å². The van der Waals surface area contributed by atoms with Crippen molar-refractivity contribution in [2.24, 2.45) is 5.92 Å². The molecule has 0 aliphatic heterocycles. The van der Waals surface area contributed by atoms with E-state index >= 15 is 0 Å². The van der Waals surface area contributed by atoms with Gasteiger partial charge in [-0.25, -0.2) is 0 Å². The lowest BCUT2D eigenvalue weighted by molar-refractivity contribution is -0.135. The highest BCUT2D eigenvalue weighted by Gasteiger charge is 2.33. The van der Waals surface area contributed by atoms with Gasteiger partial charge in [-0.15, -0.1) is 0 Å². The van der Waals surface area contributed by atoms with Crippen LogP contribution in [0.2, 0.25) is 0 Å². The van der Waals surface area contributed by atoms with Crippen LogP contribution in [0.1, 0.15) is 51.5 Å². The molecule has 0 bridgehead atoms. The third-order valence-corrected chi connectivity index (χ3v) is 4.77. The van der Waals surface area contributed by atoms with Gasteiger partial charge in [0.1, 0.15) is 0 Å². The fourth-order valence-corrected chi connectivity index (χ4v) is 3.34. The minimum absolute atomic E-state index is 0.192. The van der Waals surface area contributed by atoms with E-state index in [0.29, 0.717) is 5.92 Å². The number of carbonyl (C=O) groups is 1. The topological polar surface area (TPSA) is 46.3 Å². The maximum atomic E-state index is 12.8. The van der Waals surface area contributed by atoms with Gasteiger partial charge in [-0.3, -0.25) is 4.79 Å². The molecule has 1 aliphatic carbocycles. The number of likely N-dealkylation sites (N-methyl/N-ethyl adjacent to an activating group) is 1. The van der Waals surface area contributed by atoms with Crippen molar-refractivity contribution in [1.82, 2.24) is 4.90 Å². The first-order valence-electron chi connectivity index (χ1n) is 8.03. The Balaban J connectivity index is 2.04. The Labute approximate surface area is 128 Å². The van der Waals surface area contributed by atoms with E-state index in [2.05, 4.69) is 0 Å². The number of benzene rings is 1. The molecule has 0 atom stereocenters. The van der Waals surface area contributed by atoms with Crippen LogP contribution in [0.25, 0.3) is 0 Å². The zero-order chi connectivity index (χ0) is 15.5. The summed E-state index contributed by atoms with van der Waals surface area (Å²) in [6.45, 7) is 4.88. The third kappa shape index (κ3) is 3.78. The van der Waals surface area contributed by atoms with Crippen LogP contribution in [0.5, 0.6) is 0 Å². The molecule has 1 amide bonds. The summed E-state index contributed by atoms with van der Waals surface area (Å²) in [5, 5.41) is 0. The van der Waals surface area contributed by atoms with E-state index in [1.807, 2.05) is 50.1 Å². The molecule has 1 aromatic rings. The number of nitrogen functional groups attached to an aromatic ring is 1. The summed E-state index contributed by atoms with van der Waals surface area (Å²) < 4.78 is 0. The molecule has 3 heteroatoms. The van der Waals surface area contributed by atoms with Crippen LogP contribution in [0.3, 0.4) is 0 Å². The summed E-state index contributed by atoms with van der Waals surface area (Å²) in [4.78, 5) is 14.7. The smallest absolute Gasteiger partial charge is 0.232 e. The molecule has 1 aromatic carbocycles. The second kappa shape index (κ2) is 6.50. The normalized spacial score (nSPS) is 16.7. The van der Waals surface area contributed by atoms with Gasteiger partial charge in [0.15, 0.2) is 0 Å². The molecule has 0 unspecified atom stereocenters. The molecule has 1 aliphatic rings. The highest BCUT2D eigenvalue weighted by atomic mass is 16.2. The van der Waals surface area contributed by atoms with Crippen molar-refractivity contribution in [2.75, 3.05) is 19.3 Å². The van der Waals surface area contributed by atoms with Crippen LogP contribution in [-0.2, 0) is 10.2 Å². The molecule has 116 valence electrons. The fourth-order valence-electron chi connectivity index (χ4n) is 3.34. The highest BCUT2D eigenvalue weighted by Crippen LogP contribution is 2.28. The minimum Gasteiger partial charge on any atom is -0.399 e. The Morgan fingerprint density at radius 2 is 1.76 bits per heavy atom. The van der Waals surface area contributed by atoms with Crippen molar-refractivity contribution in [3.05, 3.63) is 29.8 Å². The zero-order valence-electron chi connectivity index (χ0n) is 13.6. The first-order valence-corrected chi connectivity index (χ1v) is 8.03. The Morgan fingerprint density at radius 1 is 1.19 bits per heavy atom. The molecule has 0 saturated heterocycles. The molecular formula is C18H28N2O. The van der Waals surface area contributed by atoms with E-state index < -0.39 is 5.41 Å². The van der Waals surface area contributed by atoms with E-state index in [1.54, 1.807) is 0 Å². The van der Waals surface area contributed by atoms with Gasteiger partial charge >= 0.3 is 0 Å². The lowest BCUT2D eigenvalue weighted by Crippen LogP contribution is -2.43. The van der Waals surface area contributed by atoms with Crippen molar-refractivity contribution in [3.8, 4) is 0 Å². The molecule has 0 heterocycles. The average Bonchev–Trinajstić information content (AvgIpc) is 2.48. The second-order valence-corrected chi connectivity index (χ2v) is 6.94. The van der Waals surface area contributed by atoms with Crippen LogP contribution in [-0.4, -0.2) is 24.4 Å². The van der Waals surface area contributed by atoms with Crippen molar-refractivity contribution in [1.29, 1.82) is 0 Å². The van der Waals surface area contributed by atoms with E-state index in [-0.39, 0.29) is 5.91 Å². The Bertz CT molecular complexity index is 472. The molecule has 3 nitrogen and oxygen atoms in total. The number of amides is 1. The van der Waals surface area contributed by atoms with Gasteiger partial charge in [0.25, 0.3) is 0 Å². The van der Waals surface area contributed by atoms with Gasteiger partial charge in [-0.1, -0.05) is 31.4 Å². The largest absolute Gasteiger partial charge is 0.399 e. The number of anilines is 1. The molecule has 0 aromatic heterocycles. The summed E-state index contributed by atoms with van der Waals surface area (Å²) >= 11 is 0. The SMILES string of the molecule is CN(CC1CCCCC1)C(=O)C(C)(C)c1ccc(N)cc1. The Morgan fingerprint density at radius 3 is 2.33 bits per heavy atom. The number of nitrogens with zero attached hydrogens (tertiary/aromatic N) is 1. The van der Waals surface area contributed by atoms with Crippen molar-refractivity contribution in [3.63, 3.8) is 0 Å². The molecule has 1 saturated carbocycles. The third-order valence-electron chi connectivity index (χ3n) is 4.77. The van der Waals surface area contributed by atoms with Crippen LogP contribution >= 0.6 is 0 Å². The fraction of sp³-hybridized carbons (Fsp3) is 0.611. The average molecular weight is 288 g/mol. The summed E-state index contributed by atoms with van der Waals surface area (Å²) in [5.41, 5.74) is 6.99. The van der Waals surface area contributed by atoms with Crippen molar-refractivity contribution >= 4 is 11.6 Å². The second-order valence-electron chi connectivity index (χ2n) is 6.94. The number of carbonyl (C=O) groups excluding carboxylic acids is 1. The first-order chi connectivity index (χ1) is 9.91. The molecular weight excluding hydrogens is 260 g/mol. The van der Waals surface area contributed by atoms with Gasteiger partial charge in [-0.05, 0) is 50.3 Å². The summed E-state index contributed by atoms with van der Waals surface area (Å²) in [6.07, 6.45) is 6.51. The molecule has 0 spiro atoms. The van der Waals surface area contributed by atoms with Gasteiger partial charge < -0.3 is 10.6 Å². The van der Waals surface area contributed by atoms with Crippen LogP contribution in [0, 0.1) is 5.92 Å². The number of hydrogen-bond acceptors (Lipinski definition) is 2. The van der Waals surface area contributed by atoms with Gasteiger partial charge in [0.05, 0.1) is 5.41 Å². The monoisotopic (exact) mass is 288 g/mol. The molecule has 21 heavy (non-hydrogen) atoms. The van der Waals surface area contributed by atoms with Crippen molar-refractivity contribution < 1.29 is 4.79 Å². The van der Waals surface area contributed by atoms with Crippen LogP contribution in [0.15, 0.2) is 24.3 Å². The number of hydrogen-bond donors (Lipinski definition) is 1. The zero-order valence-corrected chi connectivity index (χ0v) is 13.6. The lowest BCUT2D eigenvalue weighted by Gasteiger charge is -2.33. The lowest BCUT2D eigenvalue weighted by atomic mass is 9.82. The summed E-state index contributed by atoms with van der Waals surface area (Å²) in [5.74, 6) is 0.868. The molecule has 1 fully saturated rings. The highest BCUT2D eigenvalue weighted by molar-refractivity contribution is 5.87. The van der Waals surface area contributed by atoms with E-state index in [4.69, 9.17) is 5.73 Å². The first kappa shape index (κ1) is 15.9. The molecule has 0 radical (unpaired) electrons. The summed E-state index contributed by atoms with van der Waals surface area (Å²) in [7, 11) is 1.94. The minimum atomic E-state index is -0.503. The maximum Gasteiger partial charge on any atom is 0.232 e. The Kier molecular flexibility index (Phi) is 4.92. The van der Waals surface area contributed by atoms with Crippen LogP contribution < -0.4 is 5.73 Å². The number of nitrogens with two attached hydrogens (primary N) is 1. The van der Waals surface area contributed by atoms with Gasteiger partial charge in [0.2, 0.25) is 5.91 Å². The maximum absolute atomic E-state index is 12.8. The van der Waals surface area contributed by atoms with Crippen molar-refractivity contribution in [2.45, 2.75) is 51.4 Å². The predicted molar refractivity (Wildman–Crippen MR) is 88.1 cm³/mol. The van der Waals surface area contributed by atoms with E-state index in [0.717, 1.165) is 17.8 Å². The summed E-state index contributed by atoms with van der Waals surface area (Å²) in [6, 6.07) is 7.65.